The van der Waals surface area contributed by atoms with Gasteiger partial charge in [-0.05, 0) is 259 Å². The predicted molar refractivity (Wildman–Crippen MR) is 549 cm³/mol. The SMILES string of the molecule is CC[C@@H](C)Nc1cc(C)c(-c2sc(C(=O)N[C@@H]3COC[C@@H]3O)nc2C(=O)N2CCC[C@@H]2C)cn1.CC[C@@H](Nc1cc(C)c(-c2sc(C(=O)NCC(C)(C)O)nc2C(=O)N2CCC[C@@H]2C)cn1)C1CC1.CC[C@H](Nc1cc(C)c(-c2sc(C(=O)NCC(C)(C)O)nc2C(=O)N2CC(F)(F)C[C@@H]2C)cn1)C1CC1.Cc1cc(NC(C)C2CCC2)ncc1-c1sc(C(=O)NCC(C)(C)O)nc1C(=O)N1CC(F)(F)C[C@@H]1C. The summed E-state index contributed by atoms with van der Waals surface area (Å²) in [4.78, 5) is 149. The number of alkyl halides is 4. The van der Waals surface area contributed by atoms with Gasteiger partial charge in [-0.3, -0.25) is 38.4 Å². The first-order valence-electron chi connectivity index (χ1n) is 49.9. The number of nitrogens with zero attached hydrogens (tertiary/aromatic N) is 12. The van der Waals surface area contributed by atoms with Gasteiger partial charge in [0.25, 0.3) is 59.1 Å². The van der Waals surface area contributed by atoms with Crippen molar-refractivity contribution < 1.29 is 81.1 Å². The molecular formula is C102H140F4N20O13S4. The van der Waals surface area contributed by atoms with Crippen molar-refractivity contribution in [3.05, 3.63) is 114 Å². The summed E-state index contributed by atoms with van der Waals surface area (Å²) in [5.74, 6) is -4.41. The Bertz CT molecular complexity index is 5900. The summed E-state index contributed by atoms with van der Waals surface area (Å²) in [6, 6.07) is 7.57. The number of carbonyl (C=O) groups is 8. The van der Waals surface area contributed by atoms with Gasteiger partial charge in [0.2, 0.25) is 0 Å². The maximum Gasteiger partial charge on any atom is 0.280 e. The fourth-order valence-electron chi connectivity index (χ4n) is 18.2. The van der Waals surface area contributed by atoms with E-state index in [1.807, 2.05) is 75.6 Å². The van der Waals surface area contributed by atoms with Crippen LogP contribution in [0.5, 0.6) is 0 Å². The summed E-state index contributed by atoms with van der Waals surface area (Å²) in [7, 11) is 0. The van der Waals surface area contributed by atoms with Gasteiger partial charge in [-0.25, -0.2) is 57.4 Å². The Hall–Kier alpha value is -10.4. The van der Waals surface area contributed by atoms with E-state index in [9.17, 15) is 76.3 Å². The van der Waals surface area contributed by atoms with Crippen molar-refractivity contribution >= 4 is 116 Å². The average molecular weight is 2060 g/mol. The molecule has 41 heteroatoms. The van der Waals surface area contributed by atoms with Gasteiger partial charge < -0.3 is 87.3 Å². The van der Waals surface area contributed by atoms with Gasteiger partial charge in [0, 0.05) is 141 Å². The molecule has 3 saturated carbocycles. The summed E-state index contributed by atoms with van der Waals surface area (Å²) in [6.07, 6.45) is 20.7. The molecule has 16 rings (SSSR count). The molecule has 13 heterocycles. The molecule has 12 N–H and O–H groups in total. The molecule has 5 aliphatic heterocycles. The van der Waals surface area contributed by atoms with Crippen LogP contribution in [0.25, 0.3) is 41.8 Å². The van der Waals surface area contributed by atoms with Crippen molar-refractivity contribution in [3.63, 3.8) is 0 Å². The minimum absolute atomic E-state index is 0.0139. The fourth-order valence-corrected chi connectivity index (χ4v) is 22.4. The van der Waals surface area contributed by atoms with Crippen LogP contribution in [0.3, 0.4) is 0 Å². The maximum atomic E-state index is 14.1. The first kappa shape index (κ1) is 110. The number of thiazole rings is 4. The van der Waals surface area contributed by atoms with Gasteiger partial charge in [-0.1, -0.05) is 27.2 Å². The number of aromatic nitrogens is 8. The van der Waals surface area contributed by atoms with Crippen molar-refractivity contribution in [2.75, 3.05) is 80.3 Å². The Morgan fingerprint density at radius 1 is 0.434 bits per heavy atom. The van der Waals surface area contributed by atoms with Gasteiger partial charge >= 0.3 is 0 Å². The van der Waals surface area contributed by atoms with Gasteiger partial charge in [0.05, 0.1) is 74.8 Å². The second-order valence-electron chi connectivity index (χ2n) is 41.7. The van der Waals surface area contributed by atoms with Crippen molar-refractivity contribution in [1.82, 2.24) is 80.7 Å². The fraction of sp³-hybridized carbons (Fsp3) is 0.608. The van der Waals surface area contributed by atoms with E-state index in [1.165, 1.54) is 67.6 Å². The molecule has 8 aromatic heterocycles. The van der Waals surface area contributed by atoms with Crippen molar-refractivity contribution in [1.29, 1.82) is 0 Å². The van der Waals surface area contributed by atoms with Gasteiger partial charge in [0.15, 0.2) is 20.0 Å². The number of ether oxygens (including phenoxy) is 1. The molecule has 0 bridgehead atoms. The summed E-state index contributed by atoms with van der Waals surface area (Å²) in [5, 5.41) is 65.0. The number of carbonyl (C=O) groups excluding carboxylic acids is 8. The summed E-state index contributed by atoms with van der Waals surface area (Å²) < 4.78 is 61.5. The Morgan fingerprint density at radius 2 is 0.755 bits per heavy atom. The third kappa shape index (κ3) is 28.3. The number of halogens is 4. The summed E-state index contributed by atoms with van der Waals surface area (Å²) in [5.41, 5.74) is 3.56. The van der Waals surface area contributed by atoms with Crippen LogP contribution in [0, 0.1) is 45.4 Å². The Kier molecular flexibility index (Phi) is 35.4. The number of pyridine rings is 4. The smallest absolute Gasteiger partial charge is 0.280 e. The number of aliphatic hydroxyl groups is 4. The van der Waals surface area contributed by atoms with Gasteiger partial charge in [-0.2, -0.15) is 0 Å². The maximum absolute atomic E-state index is 14.1. The molecule has 8 aromatic rings. The molecular weight excluding hydrogens is 1920 g/mol. The minimum atomic E-state index is -2.97. The molecule has 8 aliphatic rings. The average Bonchev–Trinajstić information content (AvgIpc) is 1.63. The quantitative estimate of drug-likeness (QED) is 0.0170. The normalized spacial score (nSPS) is 20.7. The van der Waals surface area contributed by atoms with Crippen LogP contribution in [-0.4, -0.2) is 275 Å². The Balaban J connectivity index is 0.000000160. The number of anilines is 4. The van der Waals surface area contributed by atoms with E-state index in [-0.39, 0.29) is 99.9 Å². The third-order valence-electron chi connectivity index (χ3n) is 27.3. The highest BCUT2D eigenvalue weighted by atomic mass is 32.1. The van der Waals surface area contributed by atoms with Crippen molar-refractivity contribution in [2.45, 2.75) is 323 Å². The lowest BCUT2D eigenvalue weighted by Crippen LogP contribution is -2.42. The molecule has 10 atom stereocenters. The minimum Gasteiger partial charge on any atom is -0.389 e. The van der Waals surface area contributed by atoms with Crippen molar-refractivity contribution in [3.8, 4) is 41.8 Å². The van der Waals surface area contributed by atoms with Crippen LogP contribution in [0.1, 0.15) is 310 Å². The summed E-state index contributed by atoms with van der Waals surface area (Å²) >= 11 is 4.40. The number of hydrogen-bond donors (Lipinski definition) is 12. The van der Waals surface area contributed by atoms with Gasteiger partial charge in [0.1, 0.15) is 46.0 Å². The van der Waals surface area contributed by atoms with E-state index in [2.05, 4.69) is 117 Å². The standard InChI is InChI=1S/2C26H35F2N5O3S.C26H37N5O3S.C24H33N5O4S/c1-14-9-19(31-16(3)17-7-6-8-17)29-11-18(14)21-20(24(35)33-13-26(27,28)10-15(33)2)32-23(37-21)22(34)30-12-25(4,5)36;1-6-18(16-7-8-16)31-19-9-14(2)17(11-29-19)21-20(24(35)33-13-26(27,28)10-15(33)3)32-23(37-21)22(34)30-12-25(4,5)36;1-6-19(17-9-10-17)29-20-12-15(2)18(13-27-20)22-21(25(33)31-11-7-8-16(31)3)30-24(35-22)23(32)28-14-26(4,5)34;1-5-14(3)26-19-9-13(2)16(10-25-19)21-20(24(32)29-8-6-7-15(29)4)28-23(34-21)22(31)27-17-11-33-12-18(17)30/h9,11,15-17,36H,6-8,10,12-13H2,1-5H3,(H,29,31)(H,30,34);9,11,15-16,18,36H,6-8,10,12-13H2,1-5H3,(H,29,31)(H,30,34);12-13,16-17,19,34H,6-11,14H2,1-5H3,(H,27,29)(H,28,32);9-10,14-15,17-18,30H,5-8,11-12H2,1-4H3,(H,25,26)(H,27,31)/t15-,16?;15-,18-;16-,19+;14-,15+,17-,18+/m0001/s1. The van der Waals surface area contributed by atoms with Gasteiger partial charge in [-0.15, -0.1) is 45.3 Å². The molecule has 143 heavy (non-hydrogen) atoms. The Morgan fingerprint density at radius 3 is 1.01 bits per heavy atom. The second-order valence-corrected chi connectivity index (χ2v) is 45.7. The van der Waals surface area contributed by atoms with Crippen LogP contribution >= 0.6 is 45.3 Å². The Labute approximate surface area is 849 Å². The highest BCUT2D eigenvalue weighted by Gasteiger charge is 2.49. The molecule has 0 aromatic carbocycles. The molecule has 8 amide bonds. The molecule has 778 valence electrons. The number of hydrogen-bond acceptors (Lipinski definition) is 29. The highest BCUT2D eigenvalue weighted by molar-refractivity contribution is 7.18. The molecule has 33 nitrogen and oxygen atoms in total. The van der Waals surface area contributed by atoms with Crippen LogP contribution in [-0.2, 0) is 4.74 Å². The molecule has 0 radical (unpaired) electrons. The predicted octanol–water partition coefficient (Wildman–Crippen LogP) is 16.0. The van der Waals surface area contributed by atoms with Crippen LogP contribution in [0.15, 0.2) is 49.1 Å². The zero-order chi connectivity index (χ0) is 104. The van der Waals surface area contributed by atoms with E-state index in [1.54, 1.807) is 80.2 Å². The lowest BCUT2D eigenvalue weighted by Gasteiger charge is -2.32. The number of amides is 8. The largest absolute Gasteiger partial charge is 0.389 e. The lowest BCUT2D eigenvalue weighted by atomic mass is 9.80. The number of rotatable bonds is 33. The molecule has 8 fully saturated rings. The zero-order valence-corrected chi connectivity index (χ0v) is 88.5. The molecule has 0 spiro atoms. The van der Waals surface area contributed by atoms with E-state index in [0.29, 0.717) is 85.2 Å². The zero-order valence-electron chi connectivity index (χ0n) is 85.3. The van der Waals surface area contributed by atoms with Crippen molar-refractivity contribution in [2.24, 2.45) is 17.8 Å². The number of likely N-dealkylation sites (tertiary alicyclic amines) is 4. The molecule has 5 saturated heterocycles. The third-order valence-corrected chi connectivity index (χ3v) is 31.7. The van der Waals surface area contributed by atoms with E-state index in [4.69, 9.17) is 4.74 Å². The number of nitrogens with one attached hydrogen (secondary N) is 8. The van der Waals surface area contributed by atoms with Crippen LogP contribution < -0.4 is 42.5 Å². The second kappa shape index (κ2) is 46.1. The monoisotopic (exact) mass is 2060 g/mol. The lowest BCUT2D eigenvalue weighted by molar-refractivity contribution is 0.0115. The number of aryl methyl sites for hydroxylation is 4. The van der Waals surface area contributed by atoms with E-state index >= 15 is 0 Å². The first-order chi connectivity index (χ1) is 67.4. The van der Waals surface area contributed by atoms with E-state index in [0.717, 1.165) is 134 Å². The first-order valence-corrected chi connectivity index (χ1v) is 53.2. The molecule has 1 unspecified atom stereocenters. The highest BCUT2D eigenvalue weighted by Crippen LogP contribution is 2.45. The number of aliphatic hydroxyl groups excluding tert-OH is 1. The summed E-state index contributed by atoms with van der Waals surface area (Å²) in [6.45, 7) is 35.6. The topological polar surface area (TPSA) is 439 Å². The van der Waals surface area contributed by atoms with Crippen LogP contribution in [0.4, 0.5) is 40.8 Å². The molecule has 3 aliphatic carbocycles. The van der Waals surface area contributed by atoms with E-state index < -0.39 is 114 Å². The van der Waals surface area contributed by atoms with Crippen LogP contribution in [0.2, 0.25) is 0 Å².